The van der Waals surface area contributed by atoms with Crippen LogP contribution in [0.5, 0.6) is 0 Å². The molecular weight excluding hydrogens is 348 g/mol. The smallest absolute Gasteiger partial charge is 0.185 e. The molecule has 0 aliphatic rings. The number of hydrogen-bond donors (Lipinski definition) is 0. The Morgan fingerprint density at radius 3 is 2.14 bits per heavy atom. The van der Waals surface area contributed by atoms with Gasteiger partial charge in [0.2, 0.25) is 0 Å². The molecule has 0 unspecified atom stereocenters. The Morgan fingerprint density at radius 1 is 0.952 bits per heavy atom. The molecule has 106 valence electrons. The number of benzene rings is 2. The van der Waals surface area contributed by atoms with Crippen molar-refractivity contribution in [2.24, 2.45) is 0 Å². The van der Waals surface area contributed by atoms with Crippen molar-refractivity contribution in [3.63, 3.8) is 0 Å². The lowest BCUT2D eigenvalue weighted by molar-refractivity contribution is 0.104. The van der Waals surface area contributed by atoms with Crippen molar-refractivity contribution in [2.45, 2.75) is 6.92 Å². The van der Waals surface area contributed by atoms with Gasteiger partial charge in [-0.05, 0) is 59.0 Å². The lowest BCUT2D eigenvalue weighted by Crippen LogP contribution is -1.94. The molecule has 0 heterocycles. The fourth-order valence-corrected chi connectivity index (χ4v) is 2.38. The average Bonchev–Trinajstić information content (AvgIpc) is 2.48. The number of halogens is 2. The molecule has 0 amide bonds. The summed E-state index contributed by atoms with van der Waals surface area (Å²) in [5.74, 6) is -0.0474. The molecule has 0 bridgehead atoms. The number of hydrogen-bond acceptors (Lipinski definition) is 1. The zero-order valence-corrected chi connectivity index (χ0v) is 13.9. The molecule has 0 saturated heterocycles. The summed E-state index contributed by atoms with van der Waals surface area (Å²) in [6, 6.07) is 16.8. The van der Waals surface area contributed by atoms with Crippen molar-refractivity contribution in [3.8, 4) is 0 Å². The van der Waals surface area contributed by atoms with Crippen LogP contribution in [0.25, 0.3) is 5.57 Å². The lowest BCUT2D eigenvalue weighted by Gasteiger charge is -2.04. The molecule has 2 aromatic rings. The summed E-state index contributed by atoms with van der Waals surface area (Å²) < 4.78 is 0.980. The highest BCUT2D eigenvalue weighted by molar-refractivity contribution is 9.11. The first-order chi connectivity index (χ1) is 10.1. The third-order valence-corrected chi connectivity index (χ3v) is 3.67. The van der Waals surface area contributed by atoms with E-state index < -0.39 is 0 Å². The minimum atomic E-state index is -0.0474. The van der Waals surface area contributed by atoms with E-state index >= 15 is 0 Å². The summed E-state index contributed by atoms with van der Waals surface area (Å²) in [5.41, 5.74) is 2.67. The summed E-state index contributed by atoms with van der Waals surface area (Å²) in [7, 11) is 0. The fraction of sp³-hybridized carbons (Fsp3) is 0.0556. The number of ketones is 1. The standard InChI is InChI=1S/C18H14BrClO/c1-13(19)17(14-5-3-2-4-6-14)11-12-18(21)15-7-9-16(20)10-8-15/h2-12H,1H3. The Kier molecular flexibility index (Phi) is 5.54. The van der Waals surface area contributed by atoms with Crippen LogP contribution < -0.4 is 0 Å². The van der Waals surface area contributed by atoms with Crippen molar-refractivity contribution in [1.29, 1.82) is 0 Å². The van der Waals surface area contributed by atoms with Crippen LogP contribution in [0.15, 0.2) is 71.2 Å². The molecule has 2 rings (SSSR count). The Morgan fingerprint density at radius 2 is 1.57 bits per heavy atom. The van der Waals surface area contributed by atoms with Crippen LogP contribution in [0.2, 0.25) is 5.02 Å². The van der Waals surface area contributed by atoms with Crippen LogP contribution >= 0.6 is 27.5 Å². The molecule has 0 aromatic heterocycles. The molecule has 3 heteroatoms. The van der Waals surface area contributed by atoms with E-state index in [0.29, 0.717) is 10.6 Å². The topological polar surface area (TPSA) is 17.1 Å². The number of rotatable bonds is 4. The van der Waals surface area contributed by atoms with Gasteiger partial charge in [-0.1, -0.05) is 57.9 Å². The van der Waals surface area contributed by atoms with E-state index in [0.717, 1.165) is 15.6 Å². The van der Waals surface area contributed by atoms with Crippen molar-refractivity contribution in [3.05, 3.63) is 87.4 Å². The average molecular weight is 362 g/mol. The van der Waals surface area contributed by atoms with Gasteiger partial charge in [0.1, 0.15) is 0 Å². The van der Waals surface area contributed by atoms with E-state index in [4.69, 9.17) is 11.6 Å². The van der Waals surface area contributed by atoms with Gasteiger partial charge in [-0.2, -0.15) is 0 Å². The summed E-state index contributed by atoms with van der Waals surface area (Å²) in [6.45, 7) is 1.96. The SMILES string of the molecule is CC(Br)=C(C=CC(=O)c1ccc(Cl)cc1)c1ccccc1. The third-order valence-electron chi connectivity index (χ3n) is 2.99. The van der Waals surface area contributed by atoms with Crippen molar-refractivity contribution < 1.29 is 4.79 Å². The highest BCUT2D eigenvalue weighted by Crippen LogP contribution is 2.24. The summed E-state index contributed by atoms with van der Waals surface area (Å²) in [5, 5.41) is 0.622. The molecule has 0 N–H and O–H groups in total. The largest absolute Gasteiger partial charge is 0.289 e. The normalized spacial score (nSPS) is 12.3. The highest BCUT2D eigenvalue weighted by Gasteiger charge is 2.04. The van der Waals surface area contributed by atoms with E-state index in [-0.39, 0.29) is 5.78 Å². The molecule has 0 aliphatic carbocycles. The van der Waals surface area contributed by atoms with Crippen LogP contribution in [-0.2, 0) is 0 Å². The monoisotopic (exact) mass is 360 g/mol. The first-order valence-electron chi connectivity index (χ1n) is 6.47. The van der Waals surface area contributed by atoms with E-state index in [1.165, 1.54) is 0 Å². The van der Waals surface area contributed by atoms with Gasteiger partial charge in [0.05, 0.1) is 0 Å². The predicted octanol–water partition coefficient (Wildman–Crippen LogP) is 5.91. The number of carbonyl (C=O) groups excluding carboxylic acids is 1. The minimum Gasteiger partial charge on any atom is -0.289 e. The quantitative estimate of drug-likeness (QED) is 0.376. The zero-order valence-electron chi connectivity index (χ0n) is 11.5. The van der Waals surface area contributed by atoms with Gasteiger partial charge < -0.3 is 0 Å². The van der Waals surface area contributed by atoms with E-state index in [1.54, 1.807) is 30.3 Å². The van der Waals surface area contributed by atoms with Crippen LogP contribution in [0.4, 0.5) is 0 Å². The van der Waals surface area contributed by atoms with Gasteiger partial charge in [0.25, 0.3) is 0 Å². The molecule has 0 fully saturated rings. The maximum absolute atomic E-state index is 12.1. The number of allylic oxidation sites excluding steroid dienone is 4. The molecule has 0 atom stereocenters. The Labute approximate surface area is 138 Å². The summed E-state index contributed by atoms with van der Waals surface area (Å²) in [6.07, 6.45) is 3.41. The second-order valence-corrected chi connectivity index (χ2v) is 6.14. The first kappa shape index (κ1) is 15.7. The highest BCUT2D eigenvalue weighted by atomic mass is 79.9. The van der Waals surface area contributed by atoms with Gasteiger partial charge in [0, 0.05) is 10.6 Å². The minimum absolute atomic E-state index is 0.0474. The van der Waals surface area contributed by atoms with Gasteiger partial charge in [-0.25, -0.2) is 0 Å². The Hall–Kier alpha value is -1.64. The molecule has 0 spiro atoms. The maximum Gasteiger partial charge on any atom is 0.185 e. The lowest BCUT2D eigenvalue weighted by atomic mass is 10.0. The maximum atomic E-state index is 12.1. The van der Waals surface area contributed by atoms with Gasteiger partial charge in [0.15, 0.2) is 5.78 Å². The molecule has 0 aliphatic heterocycles. The van der Waals surface area contributed by atoms with Gasteiger partial charge >= 0.3 is 0 Å². The second-order valence-electron chi connectivity index (χ2n) is 4.52. The second kappa shape index (κ2) is 7.39. The van der Waals surface area contributed by atoms with Crippen molar-refractivity contribution in [2.75, 3.05) is 0 Å². The van der Waals surface area contributed by atoms with E-state index in [9.17, 15) is 4.79 Å². The fourth-order valence-electron chi connectivity index (χ4n) is 1.90. The molecule has 1 nitrogen and oxygen atoms in total. The van der Waals surface area contributed by atoms with Crippen LogP contribution in [0, 0.1) is 0 Å². The van der Waals surface area contributed by atoms with E-state index in [1.807, 2.05) is 43.3 Å². The van der Waals surface area contributed by atoms with Crippen LogP contribution in [0.1, 0.15) is 22.8 Å². The zero-order chi connectivity index (χ0) is 15.2. The number of carbonyl (C=O) groups is 1. The molecular formula is C18H14BrClO. The molecule has 21 heavy (non-hydrogen) atoms. The third kappa shape index (κ3) is 4.42. The summed E-state index contributed by atoms with van der Waals surface area (Å²) in [4.78, 5) is 12.1. The van der Waals surface area contributed by atoms with Crippen molar-refractivity contribution in [1.82, 2.24) is 0 Å². The summed E-state index contributed by atoms with van der Waals surface area (Å²) >= 11 is 9.32. The van der Waals surface area contributed by atoms with Crippen LogP contribution in [0.3, 0.4) is 0 Å². The first-order valence-corrected chi connectivity index (χ1v) is 7.65. The van der Waals surface area contributed by atoms with Crippen LogP contribution in [-0.4, -0.2) is 5.78 Å². The molecule has 0 saturated carbocycles. The molecule has 0 radical (unpaired) electrons. The molecule has 2 aromatic carbocycles. The Bertz CT molecular complexity index is 681. The predicted molar refractivity (Wildman–Crippen MR) is 92.9 cm³/mol. The van der Waals surface area contributed by atoms with Gasteiger partial charge in [-0.3, -0.25) is 4.79 Å². The Balaban J connectivity index is 2.24. The van der Waals surface area contributed by atoms with E-state index in [2.05, 4.69) is 15.9 Å². The van der Waals surface area contributed by atoms with Gasteiger partial charge in [-0.15, -0.1) is 0 Å². The van der Waals surface area contributed by atoms with Crippen molar-refractivity contribution >= 4 is 38.9 Å².